The molecular weight excluding hydrogens is 599 g/mol. The molecule has 4 rings (SSSR count). The van der Waals surface area contributed by atoms with Gasteiger partial charge in [-0.15, -0.1) is 6.58 Å². The molecule has 0 spiro atoms. The van der Waals surface area contributed by atoms with Crippen LogP contribution in [0.25, 0.3) is 10.9 Å². The molecule has 2 N–H and O–H groups in total. The van der Waals surface area contributed by atoms with E-state index in [1.54, 1.807) is 18.3 Å². The Labute approximate surface area is 230 Å². The third-order valence-electron chi connectivity index (χ3n) is 5.98. The summed E-state index contributed by atoms with van der Waals surface area (Å²) < 4.78 is 31.7. The zero-order valence-corrected chi connectivity index (χ0v) is 23.2. The Morgan fingerprint density at radius 2 is 1.73 bits per heavy atom. The molecule has 4 aromatic rings. The lowest BCUT2D eigenvalue weighted by molar-refractivity contribution is -0.122. The quantitative estimate of drug-likeness (QED) is 0.115. The van der Waals surface area contributed by atoms with Gasteiger partial charge in [0.1, 0.15) is 6.04 Å². The van der Waals surface area contributed by atoms with E-state index in [1.807, 2.05) is 67.6 Å². The van der Waals surface area contributed by atoms with Crippen molar-refractivity contribution in [3.63, 3.8) is 0 Å². The van der Waals surface area contributed by atoms with Gasteiger partial charge in [0.05, 0.1) is 11.1 Å². The van der Waals surface area contributed by atoms with Crippen molar-refractivity contribution in [3.05, 3.63) is 112 Å². The van der Waals surface area contributed by atoms with E-state index < -0.39 is 22.0 Å². The van der Waals surface area contributed by atoms with Gasteiger partial charge in [0.25, 0.3) is 5.91 Å². The highest BCUT2D eigenvalue weighted by molar-refractivity contribution is 14.1. The first-order valence-corrected chi connectivity index (χ1v) is 14.2. The van der Waals surface area contributed by atoms with Crippen LogP contribution in [-0.2, 0) is 27.8 Å². The fourth-order valence-electron chi connectivity index (χ4n) is 4.13. The molecule has 7 nitrogen and oxygen atoms in total. The second kappa shape index (κ2) is 11.8. The number of para-hydroxylation sites is 1. The Kier molecular flexibility index (Phi) is 8.57. The Balaban J connectivity index is 1.58. The summed E-state index contributed by atoms with van der Waals surface area (Å²) in [5.41, 5.74) is 6.26. The second-order valence-electron chi connectivity index (χ2n) is 8.47. The van der Waals surface area contributed by atoms with E-state index in [4.69, 9.17) is 0 Å². The van der Waals surface area contributed by atoms with Crippen LogP contribution < -0.4 is 10.1 Å². The van der Waals surface area contributed by atoms with Crippen molar-refractivity contribution in [3.8, 4) is 0 Å². The van der Waals surface area contributed by atoms with E-state index in [0.717, 1.165) is 31.3 Å². The third-order valence-corrected chi connectivity index (χ3v) is 8.19. The summed E-state index contributed by atoms with van der Waals surface area (Å²) in [7, 11) is -3.94. The first-order chi connectivity index (χ1) is 17.8. The van der Waals surface area contributed by atoms with Crippen molar-refractivity contribution in [2.24, 2.45) is 5.10 Å². The largest absolute Gasteiger partial charge is 0.340 e. The predicted octanol–water partition coefficient (Wildman–Crippen LogP) is 4.78. The van der Waals surface area contributed by atoms with Crippen molar-refractivity contribution in [2.45, 2.75) is 30.8 Å². The molecule has 0 aliphatic heterocycles. The van der Waals surface area contributed by atoms with Gasteiger partial charge in [-0.3, -0.25) is 4.79 Å². The van der Waals surface area contributed by atoms with Gasteiger partial charge in [0.15, 0.2) is 0 Å². The van der Waals surface area contributed by atoms with E-state index in [1.165, 1.54) is 12.1 Å². The number of fused-ring (bicyclic) bond motifs is 1. The van der Waals surface area contributed by atoms with Gasteiger partial charge in [-0.25, -0.2) is 13.8 Å². The number of hydrogen-bond acceptors (Lipinski definition) is 4. The summed E-state index contributed by atoms with van der Waals surface area (Å²) in [5.74, 6) is -0.554. The van der Waals surface area contributed by atoms with E-state index in [-0.39, 0.29) is 11.3 Å². The maximum atomic E-state index is 13.2. The summed E-state index contributed by atoms with van der Waals surface area (Å²) >= 11 is 2.11. The Morgan fingerprint density at radius 1 is 1.05 bits per heavy atom. The van der Waals surface area contributed by atoms with Crippen LogP contribution in [-0.4, -0.2) is 31.1 Å². The number of sulfonamides is 1. The Morgan fingerprint density at radius 3 is 2.43 bits per heavy atom. The van der Waals surface area contributed by atoms with E-state index in [0.29, 0.717) is 6.54 Å². The number of carbonyl (C=O) groups excluding carboxylic acids is 1. The molecule has 0 unspecified atom stereocenters. The molecule has 3 aromatic carbocycles. The van der Waals surface area contributed by atoms with Crippen molar-refractivity contribution in [1.82, 2.24) is 14.7 Å². The number of nitrogens with zero attached hydrogens (tertiary/aromatic N) is 2. The van der Waals surface area contributed by atoms with Gasteiger partial charge in [-0.2, -0.15) is 9.82 Å². The van der Waals surface area contributed by atoms with Gasteiger partial charge in [0, 0.05) is 32.3 Å². The summed E-state index contributed by atoms with van der Waals surface area (Å²) in [6.45, 7) is 6.47. The molecule has 0 aliphatic rings. The van der Waals surface area contributed by atoms with Gasteiger partial charge >= 0.3 is 0 Å². The molecule has 190 valence electrons. The molecule has 1 atom stereocenters. The SMILES string of the molecule is C=CCn1c(C)c(/C=N\NC(=O)[C@@H](Cc2ccccc2)NS(=O)(=O)c2ccc(I)cc2)c2ccccc21. The fraction of sp³-hybridized carbons (Fsp3) is 0.143. The molecule has 0 saturated carbocycles. The average molecular weight is 627 g/mol. The number of rotatable bonds is 10. The maximum Gasteiger partial charge on any atom is 0.258 e. The molecule has 0 radical (unpaired) electrons. The van der Waals surface area contributed by atoms with Crippen molar-refractivity contribution in [1.29, 1.82) is 0 Å². The number of carbonyl (C=O) groups is 1. The summed E-state index contributed by atoms with van der Waals surface area (Å²) in [6, 6.07) is 22.6. The van der Waals surface area contributed by atoms with Gasteiger partial charge in [-0.05, 0) is 71.8 Å². The highest BCUT2D eigenvalue weighted by Crippen LogP contribution is 2.24. The molecule has 1 aromatic heterocycles. The highest BCUT2D eigenvalue weighted by atomic mass is 127. The van der Waals surface area contributed by atoms with E-state index >= 15 is 0 Å². The highest BCUT2D eigenvalue weighted by Gasteiger charge is 2.26. The molecule has 0 bridgehead atoms. The Bertz CT molecular complexity index is 1550. The first-order valence-electron chi connectivity index (χ1n) is 11.6. The standard InChI is InChI=1S/C28H27IN4O3S/c1-3-17-33-20(2)25(24-11-7-8-12-27(24)33)19-30-31-28(34)26(18-21-9-5-4-6-10-21)32-37(35,36)23-15-13-22(29)14-16-23/h3-16,19,26,32H,1,17-18H2,2H3,(H,31,34)/b30-19-/t26-/m1/s1. The smallest absolute Gasteiger partial charge is 0.258 e. The minimum Gasteiger partial charge on any atom is -0.340 e. The second-order valence-corrected chi connectivity index (χ2v) is 11.4. The number of halogens is 1. The summed E-state index contributed by atoms with van der Waals surface area (Å²) in [5, 5.41) is 5.20. The lowest BCUT2D eigenvalue weighted by Crippen LogP contribution is -2.46. The van der Waals surface area contributed by atoms with Gasteiger partial charge in [0.2, 0.25) is 10.0 Å². The minimum atomic E-state index is -3.94. The van der Waals surface area contributed by atoms with Crippen molar-refractivity contribution < 1.29 is 13.2 Å². The number of benzene rings is 3. The van der Waals surface area contributed by atoms with Crippen LogP contribution in [0.3, 0.4) is 0 Å². The topological polar surface area (TPSA) is 92.6 Å². The van der Waals surface area contributed by atoms with E-state index in [9.17, 15) is 13.2 Å². The third kappa shape index (κ3) is 6.35. The normalized spacial score (nSPS) is 12.6. The lowest BCUT2D eigenvalue weighted by atomic mass is 10.1. The van der Waals surface area contributed by atoms with Gasteiger partial charge < -0.3 is 4.57 Å². The molecule has 1 amide bonds. The first kappa shape index (κ1) is 26.8. The molecule has 0 fully saturated rings. The summed E-state index contributed by atoms with van der Waals surface area (Å²) in [6.07, 6.45) is 3.60. The molecule has 1 heterocycles. The number of hydrogen-bond donors (Lipinski definition) is 2. The van der Waals surface area contributed by atoms with Gasteiger partial charge in [-0.1, -0.05) is 54.6 Å². The van der Waals surface area contributed by atoms with Crippen molar-refractivity contribution in [2.75, 3.05) is 0 Å². The molecule has 0 aliphatic carbocycles. The lowest BCUT2D eigenvalue weighted by Gasteiger charge is -2.17. The van der Waals surface area contributed by atoms with Crippen LogP contribution in [0.1, 0.15) is 16.8 Å². The van der Waals surface area contributed by atoms with Crippen LogP contribution in [0.5, 0.6) is 0 Å². The molecule has 37 heavy (non-hydrogen) atoms. The predicted molar refractivity (Wildman–Crippen MR) is 156 cm³/mol. The zero-order chi connectivity index (χ0) is 26.4. The van der Waals surface area contributed by atoms with Crippen LogP contribution in [0.4, 0.5) is 0 Å². The summed E-state index contributed by atoms with van der Waals surface area (Å²) in [4.78, 5) is 13.3. The number of hydrazone groups is 1. The van der Waals surface area contributed by atoms with Crippen LogP contribution >= 0.6 is 22.6 Å². The molecule has 9 heteroatoms. The van der Waals surface area contributed by atoms with Crippen LogP contribution in [0, 0.1) is 10.5 Å². The minimum absolute atomic E-state index is 0.0907. The molecular formula is C28H27IN4O3S. The Hall–Kier alpha value is -3.28. The number of aromatic nitrogens is 1. The monoisotopic (exact) mass is 626 g/mol. The number of nitrogens with one attached hydrogen (secondary N) is 2. The average Bonchev–Trinajstić information content (AvgIpc) is 3.15. The molecule has 0 saturated heterocycles. The van der Waals surface area contributed by atoms with E-state index in [2.05, 4.69) is 49.0 Å². The van der Waals surface area contributed by atoms with Crippen LogP contribution in [0.2, 0.25) is 0 Å². The fourth-order valence-corrected chi connectivity index (χ4v) is 5.69. The maximum absolute atomic E-state index is 13.2. The number of allylic oxidation sites excluding steroid dienone is 1. The number of amides is 1. The van der Waals surface area contributed by atoms with Crippen molar-refractivity contribution >= 4 is 55.6 Å². The zero-order valence-electron chi connectivity index (χ0n) is 20.3. The van der Waals surface area contributed by atoms with Crippen LogP contribution in [0.15, 0.2) is 102 Å².